The van der Waals surface area contributed by atoms with Crippen molar-refractivity contribution in [2.45, 2.75) is 19.4 Å². The van der Waals surface area contributed by atoms with E-state index in [1.165, 1.54) is 16.8 Å². The molecule has 1 amide bonds. The lowest BCUT2D eigenvalue weighted by molar-refractivity contribution is -0.134. The molecule has 1 atom stereocenters. The maximum Gasteiger partial charge on any atom is 0.260 e. The van der Waals surface area contributed by atoms with Crippen molar-refractivity contribution in [3.63, 3.8) is 0 Å². The fourth-order valence-electron chi connectivity index (χ4n) is 3.66. The molecule has 0 N–H and O–H groups in total. The highest BCUT2D eigenvalue weighted by atomic mass is 16.5. The zero-order chi connectivity index (χ0) is 16.5. The molecule has 124 valence electrons. The van der Waals surface area contributed by atoms with Gasteiger partial charge in [0.05, 0.1) is 6.04 Å². The fourth-order valence-corrected chi connectivity index (χ4v) is 3.66. The van der Waals surface area contributed by atoms with E-state index in [-0.39, 0.29) is 12.5 Å². The number of aryl methyl sites for hydroxylation is 1. The molecule has 4 rings (SSSR count). The molecule has 2 aliphatic rings. The number of hydrogen-bond donors (Lipinski definition) is 0. The molecule has 4 nitrogen and oxygen atoms in total. The molecule has 2 heterocycles. The fraction of sp³-hybridized carbons (Fsp3) is 0.350. The molecule has 0 spiro atoms. The highest BCUT2D eigenvalue weighted by Gasteiger charge is 2.35. The number of anilines is 1. The van der Waals surface area contributed by atoms with Gasteiger partial charge in [-0.2, -0.15) is 0 Å². The molecule has 2 aromatic carbocycles. The number of benzene rings is 2. The topological polar surface area (TPSA) is 32.8 Å². The summed E-state index contributed by atoms with van der Waals surface area (Å²) in [5.41, 5.74) is 3.92. The first kappa shape index (κ1) is 15.1. The Labute approximate surface area is 142 Å². The van der Waals surface area contributed by atoms with Crippen LogP contribution in [0.3, 0.4) is 0 Å². The van der Waals surface area contributed by atoms with Crippen LogP contribution in [0.15, 0.2) is 48.5 Å². The van der Waals surface area contributed by atoms with Crippen LogP contribution in [-0.2, 0) is 11.2 Å². The Morgan fingerprint density at radius 2 is 1.92 bits per heavy atom. The average molecular weight is 322 g/mol. The SMILES string of the molecule is Cc1ccc(OCC(=O)N2CCN3c4ccccc4CC3C2)cc1. The molecule has 1 saturated heterocycles. The Morgan fingerprint density at radius 1 is 1.12 bits per heavy atom. The number of para-hydroxylation sites is 1. The van der Waals surface area contributed by atoms with Crippen molar-refractivity contribution in [3.8, 4) is 5.75 Å². The normalized spacial score (nSPS) is 19.0. The summed E-state index contributed by atoms with van der Waals surface area (Å²) in [6.07, 6.45) is 1.03. The van der Waals surface area contributed by atoms with Gasteiger partial charge in [-0.3, -0.25) is 4.79 Å². The van der Waals surface area contributed by atoms with E-state index in [4.69, 9.17) is 4.74 Å². The minimum Gasteiger partial charge on any atom is -0.484 e. The Morgan fingerprint density at radius 3 is 2.75 bits per heavy atom. The van der Waals surface area contributed by atoms with Gasteiger partial charge in [0.1, 0.15) is 5.75 Å². The van der Waals surface area contributed by atoms with Crippen molar-refractivity contribution in [1.82, 2.24) is 4.90 Å². The first-order chi connectivity index (χ1) is 11.7. The van der Waals surface area contributed by atoms with Gasteiger partial charge >= 0.3 is 0 Å². The summed E-state index contributed by atoms with van der Waals surface area (Å²) < 4.78 is 5.64. The molecule has 1 unspecified atom stereocenters. The zero-order valence-corrected chi connectivity index (χ0v) is 13.9. The summed E-state index contributed by atoms with van der Waals surface area (Å²) in [4.78, 5) is 16.9. The van der Waals surface area contributed by atoms with Crippen molar-refractivity contribution in [3.05, 3.63) is 59.7 Å². The maximum atomic E-state index is 12.5. The molecule has 1 fully saturated rings. The molecular weight excluding hydrogens is 300 g/mol. The van der Waals surface area contributed by atoms with Gasteiger partial charge in [-0.05, 0) is 37.1 Å². The minimum absolute atomic E-state index is 0.0752. The van der Waals surface area contributed by atoms with E-state index in [9.17, 15) is 4.79 Å². The van der Waals surface area contributed by atoms with E-state index in [1.807, 2.05) is 36.1 Å². The molecule has 0 bridgehead atoms. The number of nitrogens with zero attached hydrogens (tertiary/aromatic N) is 2. The average Bonchev–Trinajstić information content (AvgIpc) is 2.98. The number of ether oxygens (including phenoxy) is 1. The Hall–Kier alpha value is -2.49. The van der Waals surface area contributed by atoms with Crippen LogP contribution in [0.25, 0.3) is 0 Å². The summed E-state index contributed by atoms with van der Waals surface area (Å²) >= 11 is 0. The maximum absolute atomic E-state index is 12.5. The van der Waals surface area contributed by atoms with Crippen LogP contribution < -0.4 is 9.64 Å². The third kappa shape index (κ3) is 2.84. The largest absolute Gasteiger partial charge is 0.484 e. The first-order valence-electron chi connectivity index (χ1n) is 8.52. The molecule has 4 heteroatoms. The highest BCUT2D eigenvalue weighted by Crippen LogP contribution is 2.33. The first-order valence-corrected chi connectivity index (χ1v) is 8.52. The summed E-state index contributed by atoms with van der Waals surface area (Å²) in [6.45, 7) is 4.60. The van der Waals surface area contributed by atoms with E-state index in [1.54, 1.807) is 0 Å². The lowest BCUT2D eigenvalue weighted by Crippen LogP contribution is -2.54. The van der Waals surface area contributed by atoms with E-state index in [0.29, 0.717) is 6.04 Å². The lowest BCUT2D eigenvalue weighted by atomic mass is 10.1. The number of amides is 1. The number of piperazine rings is 1. The molecule has 2 aliphatic heterocycles. The number of rotatable bonds is 3. The summed E-state index contributed by atoms with van der Waals surface area (Å²) in [7, 11) is 0. The highest BCUT2D eigenvalue weighted by molar-refractivity contribution is 5.78. The standard InChI is InChI=1S/C20H22N2O2/c1-15-6-8-18(9-7-15)24-14-20(23)21-10-11-22-17(13-21)12-16-4-2-3-5-19(16)22/h2-9,17H,10-14H2,1H3. The van der Waals surface area contributed by atoms with E-state index < -0.39 is 0 Å². The molecule has 0 aliphatic carbocycles. The Balaban J connectivity index is 1.35. The van der Waals surface area contributed by atoms with Gasteiger partial charge in [0.15, 0.2) is 6.61 Å². The molecule has 0 radical (unpaired) electrons. The quantitative estimate of drug-likeness (QED) is 0.871. The monoisotopic (exact) mass is 322 g/mol. The third-order valence-corrected chi connectivity index (χ3v) is 4.98. The summed E-state index contributed by atoms with van der Waals surface area (Å²) in [5.74, 6) is 0.826. The van der Waals surface area contributed by atoms with Gasteiger partial charge < -0.3 is 14.5 Å². The van der Waals surface area contributed by atoms with E-state index in [0.717, 1.165) is 31.8 Å². The smallest absolute Gasteiger partial charge is 0.260 e. The molecule has 0 aromatic heterocycles. The van der Waals surface area contributed by atoms with Crippen molar-refractivity contribution in [2.75, 3.05) is 31.1 Å². The summed E-state index contributed by atoms with van der Waals surface area (Å²) in [5, 5.41) is 0. The van der Waals surface area contributed by atoms with E-state index >= 15 is 0 Å². The molecule has 24 heavy (non-hydrogen) atoms. The lowest BCUT2D eigenvalue weighted by Gasteiger charge is -2.39. The second-order valence-corrected chi connectivity index (χ2v) is 6.62. The third-order valence-electron chi connectivity index (χ3n) is 4.98. The second-order valence-electron chi connectivity index (χ2n) is 6.62. The second kappa shape index (κ2) is 6.19. The van der Waals surface area contributed by atoms with E-state index in [2.05, 4.69) is 29.2 Å². The van der Waals surface area contributed by atoms with Crippen LogP contribution >= 0.6 is 0 Å². The minimum atomic E-state index is 0.0752. The molecule has 0 saturated carbocycles. The van der Waals surface area contributed by atoms with Crippen LogP contribution in [0.5, 0.6) is 5.75 Å². The van der Waals surface area contributed by atoms with Gasteiger partial charge in [0, 0.05) is 25.3 Å². The van der Waals surface area contributed by atoms with Crippen molar-refractivity contribution >= 4 is 11.6 Å². The van der Waals surface area contributed by atoms with Crippen molar-refractivity contribution in [1.29, 1.82) is 0 Å². The van der Waals surface area contributed by atoms with Crippen LogP contribution in [0.1, 0.15) is 11.1 Å². The van der Waals surface area contributed by atoms with Gasteiger partial charge in [-0.1, -0.05) is 35.9 Å². The number of carbonyl (C=O) groups excluding carboxylic acids is 1. The summed E-state index contributed by atoms with van der Waals surface area (Å²) in [6, 6.07) is 16.8. The van der Waals surface area contributed by atoms with Gasteiger partial charge in [-0.25, -0.2) is 0 Å². The van der Waals surface area contributed by atoms with Gasteiger partial charge in [0.2, 0.25) is 0 Å². The van der Waals surface area contributed by atoms with Crippen LogP contribution in [0, 0.1) is 6.92 Å². The Kier molecular flexibility index (Phi) is 3.89. The van der Waals surface area contributed by atoms with Gasteiger partial charge in [0.25, 0.3) is 5.91 Å². The zero-order valence-electron chi connectivity index (χ0n) is 13.9. The number of hydrogen-bond acceptors (Lipinski definition) is 3. The number of fused-ring (bicyclic) bond motifs is 3. The van der Waals surface area contributed by atoms with Crippen molar-refractivity contribution in [2.24, 2.45) is 0 Å². The predicted octanol–water partition coefficient (Wildman–Crippen LogP) is 2.65. The van der Waals surface area contributed by atoms with Crippen molar-refractivity contribution < 1.29 is 9.53 Å². The predicted molar refractivity (Wildman–Crippen MR) is 94.5 cm³/mol. The number of carbonyl (C=O) groups is 1. The van der Waals surface area contributed by atoms with Crippen LogP contribution in [0.4, 0.5) is 5.69 Å². The van der Waals surface area contributed by atoms with Gasteiger partial charge in [-0.15, -0.1) is 0 Å². The molecule has 2 aromatic rings. The van der Waals surface area contributed by atoms with Crippen LogP contribution in [0.2, 0.25) is 0 Å². The van der Waals surface area contributed by atoms with Crippen LogP contribution in [-0.4, -0.2) is 43.1 Å². The Bertz CT molecular complexity index is 742. The molecular formula is C20H22N2O2.